The molecule has 0 saturated carbocycles. The van der Waals surface area contributed by atoms with Crippen LogP contribution >= 0.6 is 0 Å². The maximum atomic E-state index is 12.1. The molecule has 0 aliphatic rings. The van der Waals surface area contributed by atoms with Crippen LogP contribution in [-0.2, 0) is 0 Å². The molecule has 0 bridgehead atoms. The molecule has 0 unspecified atom stereocenters. The summed E-state index contributed by atoms with van der Waals surface area (Å²) in [7, 11) is 0. The van der Waals surface area contributed by atoms with Crippen molar-refractivity contribution < 1.29 is 22.7 Å². The summed E-state index contributed by atoms with van der Waals surface area (Å²) in [5.41, 5.74) is 4.96. The summed E-state index contributed by atoms with van der Waals surface area (Å²) in [5.74, 6) is -1.32. The molecule has 0 fully saturated rings. The maximum Gasteiger partial charge on any atom is 0.573 e. The SMILES string of the molecule is N#CCN(CC#N)C(=O)c1ccc(OC(F)(F)F)c(N)c1. The first-order valence-corrected chi connectivity index (χ1v) is 5.47. The first-order valence-electron chi connectivity index (χ1n) is 5.47. The van der Waals surface area contributed by atoms with E-state index < -0.39 is 18.0 Å². The summed E-state index contributed by atoms with van der Waals surface area (Å²) in [6.45, 7) is -0.653. The molecule has 21 heavy (non-hydrogen) atoms. The number of nitriles is 2. The van der Waals surface area contributed by atoms with Crippen LogP contribution in [0.15, 0.2) is 18.2 Å². The Morgan fingerprint density at radius 1 is 1.29 bits per heavy atom. The Morgan fingerprint density at radius 3 is 2.29 bits per heavy atom. The van der Waals surface area contributed by atoms with Crippen molar-refractivity contribution in [2.75, 3.05) is 18.8 Å². The molecule has 0 spiro atoms. The van der Waals surface area contributed by atoms with E-state index in [0.717, 1.165) is 23.1 Å². The zero-order valence-corrected chi connectivity index (χ0v) is 10.5. The zero-order chi connectivity index (χ0) is 16.0. The molecule has 0 atom stereocenters. The van der Waals surface area contributed by atoms with Gasteiger partial charge in [0.2, 0.25) is 0 Å². The van der Waals surface area contributed by atoms with E-state index in [-0.39, 0.29) is 24.3 Å². The second-order valence-corrected chi connectivity index (χ2v) is 3.78. The van der Waals surface area contributed by atoms with Crippen molar-refractivity contribution in [1.29, 1.82) is 10.5 Å². The lowest BCUT2D eigenvalue weighted by atomic mass is 10.1. The first-order chi connectivity index (χ1) is 9.78. The van der Waals surface area contributed by atoms with Gasteiger partial charge in [-0.2, -0.15) is 10.5 Å². The highest BCUT2D eigenvalue weighted by Crippen LogP contribution is 2.29. The van der Waals surface area contributed by atoms with Crippen LogP contribution in [0.25, 0.3) is 0 Å². The number of nitrogen functional groups attached to an aromatic ring is 1. The van der Waals surface area contributed by atoms with Crippen molar-refractivity contribution in [3.8, 4) is 17.9 Å². The van der Waals surface area contributed by atoms with Gasteiger partial charge in [0.1, 0.15) is 13.1 Å². The van der Waals surface area contributed by atoms with Crippen LogP contribution in [0, 0.1) is 22.7 Å². The van der Waals surface area contributed by atoms with Gasteiger partial charge in [-0.15, -0.1) is 13.2 Å². The van der Waals surface area contributed by atoms with Crippen LogP contribution in [0.1, 0.15) is 10.4 Å². The van der Waals surface area contributed by atoms with Crippen LogP contribution in [0.5, 0.6) is 5.75 Å². The Kier molecular flexibility index (Phi) is 4.97. The number of hydrogen-bond donors (Lipinski definition) is 1. The molecular formula is C12H9F3N4O2. The molecule has 2 N–H and O–H groups in total. The number of carbonyl (C=O) groups excluding carboxylic acids is 1. The number of benzene rings is 1. The lowest BCUT2D eigenvalue weighted by molar-refractivity contribution is -0.274. The molecule has 9 heteroatoms. The molecule has 0 aromatic heterocycles. The second kappa shape index (κ2) is 6.48. The summed E-state index contributed by atoms with van der Waals surface area (Å²) >= 11 is 0. The Balaban J connectivity index is 3.00. The summed E-state index contributed by atoms with van der Waals surface area (Å²) in [5, 5.41) is 17.1. The van der Waals surface area contributed by atoms with Crippen molar-refractivity contribution in [1.82, 2.24) is 4.90 Å². The highest BCUT2D eigenvalue weighted by Gasteiger charge is 2.32. The van der Waals surface area contributed by atoms with Crippen LogP contribution in [0.3, 0.4) is 0 Å². The zero-order valence-electron chi connectivity index (χ0n) is 10.5. The van der Waals surface area contributed by atoms with Crippen molar-refractivity contribution in [3.63, 3.8) is 0 Å². The first kappa shape index (κ1) is 16.1. The molecular weight excluding hydrogens is 289 g/mol. The number of nitrogens with zero attached hydrogens (tertiary/aromatic N) is 3. The molecule has 1 aromatic carbocycles. The van der Waals surface area contributed by atoms with Crippen LogP contribution in [0.2, 0.25) is 0 Å². The van der Waals surface area contributed by atoms with Gasteiger partial charge in [-0.1, -0.05) is 0 Å². The van der Waals surface area contributed by atoms with Crippen molar-refractivity contribution in [3.05, 3.63) is 23.8 Å². The van der Waals surface area contributed by atoms with E-state index in [1.54, 1.807) is 12.1 Å². The average molecular weight is 298 g/mol. The molecule has 0 radical (unpaired) electrons. The van der Waals surface area contributed by atoms with Crippen LogP contribution in [0.4, 0.5) is 18.9 Å². The minimum Gasteiger partial charge on any atom is -0.404 e. The van der Waals surface area contributed by atoms with Gasteiger partial charge in [0.25, 0.3) is 5.91 Å². The van der Waals surface area contributed by atoms with Crippen molar-refractivity contribution >= 4 is 11.6 Å². The molecule has 1 rings (SSSR count). The van der Waals surface area contributed by atoms with Crippen molar-refractivity contribution in [2.45, 2.75) is 6.36 Å². The molecule has 0 saturated heterocycles. The fraction of sp³-hybridized carbons (Fsp3) is 0.250. The van der Waals surface area contributed by atoms with Gasteiger partial charge in [-0.3, -0.25) is 4.79 Å². The molecule has 0 aliphatic carbocycles. The van der Waals surface area contributed by atoms with E-state index in [1.165, 1.54) is 0 Å². The summed E-state index contributed by atoms with van der Waals surface area (Å²) in [6.07, 6.45) is -4.90. The number of halogens is 3. The number of alkyl halides is 3. The molecule has 0 heterocycles. The number of carbonyl (C=O) groups is 1. The molecule has 1 aromatic rings. The fourth-order valence-corrected chi connectivity index (χ4v) is 1.45. The van der Waals surface area contributed by atoms with Crippen molar-refractivity contribution in [2.24, 2.45) is 0 Å². The molecule has 6 nitrogen and oxygen atoms in total. The second-order valence-electron chi connectivity index (χ2n) is 3.78. The minimum atomic E-state index is -4.90. The third-order valence-electron chi connectivity index (χ3n) is 2.29. The van der Waals surface area contributed by atoms with Gasteiger partial charge in [-0.05, 0) is 18.2 Å². The predicted octanol–water partition coefficient (Wildman–Crippen LogP) is 1.66. The van der Waals surface area contributed by atoms with Gasteiger partial charge >= 0.3 is 6.36 Å². The summed E-state index contributed by atoms with van der Waals surface area (Å²) in [4.78, 5) is 12.9. The number of anilines is 1. The average Bonchev–Trinajstić information content (AvgIpc) is 2.38. The maximum absolute atomic E-state index is 12.1. The van der Waals surface area contributed by atoms with E-state index >= 15 is 0 Å². The number of nitrogens with two attached hydrogens (primary N) is 1. The Hall–Kier alpha value is -2.94. The lowest BCUT2D eigenvalue weighted by Gasteiger charge is -2.17. The predicted molar refractivity (Wildman–Crippen MR) is 64.7 cm³/mol. The normalized spacial score (nSPS) is 10.3. The topological polar surface area (TPSA) is 103 Å². The van der Waals surface area contributed by atoms with Crippen LogP contribution < -0.4 is 10.5 Å². The van der Waals surface area contributed by atoms with E-state index in [0.29, 0.717) is 0 Å². The van der Waals surface area contributed by atoms with E-state index in [9.17, 15) is 18.0 Å². The Labute approximate surface area is 117 Å². The smallest absolute Gasteiger partial charge is 0.404 e. The Bertz CT molecular complexity index is 600. The minimum absolute atomic E-state index is 0.0486. The van der Waals surface area contributed by atoms with Gasteiger partial charge in [0.15, 0.2) is 5.75 Å². The van der Waals surface area contributed by atoms with Gasteiger partial charge < -0.3 is 15.4 Å². The third-order valence-corrected chi connectivity index (χ3v) is 2.29. The number of rotatable bonds is 4. The standard InChI is InChI=1S/C12H9F3N4O2/c13-12(14,15)21-10-2-1-8(7-9(10)18)11(20)19(5-3-16)6-4-17/h1-2,7H,5-6,18H2. The van der Waals surface area contributed by atoms with E-state index in [4.69, 9.17) is 16.3 Å². The number of hydrogen-bond acceptors (Lipinski definition) is 5. The molecule has 0 aliphatic heterocycles. The lowest BCUT2D eigenvalue weighted by Crippen LogP contribution is -2.31. The number of amides is 1. The third kappa shape index (κ3) is 4.58. The highest BCUT2D eigenvalue weighted by molar-refractivity contribution is 5.95. The summed E-state index contributed by atoms with van der Waals surface area (Å²) in [6, 6.07) is 6.38. The van der Waals surface area contributed by atoms with Gasteiger partial charge in [0.05, 0.1) is 17.8 Å². The Morgan fingerprint density at radius 2 is 1.86 bits per heavy atom. The van der Waals surface area contributed by atoms with E-state index in [1.807, 2.05) is 0 Å². The van der Waals surface area contributed by atoms with Gasteiger partial charge in [-0.25, -0.2) is 0 Å². The van der Waals surface area contributed by atoms with Crippen LogP contribution in [-0.4, -0.2) is 30.3 Å². The largest absolute Gasteiger partial charge is 0.573 e. The fourth-order valence-electron chi connectivity index (χ4n) is 1.45. The quantitative estimate of drug-likeness (QED) is 0.672. The number of ether oxygens (including phenoxy) is 1. The molecule has 1 amide bonds. The summed E-state index contributed by atoms with van der Waals surface area (Å²) < 4.78 is 39.9. The monoisotopic (exact) mass is 298 g/mol. The molecule has 110 valence electrons. The van der Waals surface area contributed by atoms with Gasteiger partial charge in [0, 0.05) is 5.56 Å². The highest BCUT2D eigenvalue weighted by atomic mass is 19.4. The van der Waals surface area contributed by atoms with E-state index in [2.05, 4.69) is 4.74 Å².